The van der Waals surface area contributed by atoms with E-state index in [1.165, 1.54) is 6.20 Å². The van der Waals surface area contributed by atoms with Gasteiger partial charge in [0, 0.05) is 28.2 Å². The van der Waals surface area contributed by atoms with Gasteiger partial charge in [0.2, 0.25) is 14.2 Å². The average molecular weight is 278 g/mol. The maximum atomic E-state index is 12.5. The molecule has 0 fully saturated rings. The standard InChI is InChI=1S/C12H10N2O2S2/c1-8-7-17-12(14-8)18(15,16)11-6-13-10-5-3-2-4-9(10)11/h2-7,13H,1H3. The predicted octanol–water partition coefficient (Wildman–Crippen LogP) is 2.77. The van der Waals surface area contributed by atoms with Crippen molar-refractivity contribution in [3.63, 3.8) is 0 Å². The Morgan fingerprint density at radius 1 is 1.28 bits per heavy atom. The van der Waals surface area contributed by atoms with E-state index in [1.54, 1.807) is 18.4 Å². The number of aryl methyl sites for hydroxylation is 1. The fourth-order valence-electron chi connectivity index (χ4n) is 1.82. The highest BCUT2D eigenvalue weighted by Crippen LogP contribution is 2.29. The Bertz CT molecular complexity index is 815. The summed E-state index contributed by atoms with van der Waals surface area (Å²) in [5, 5.41) is 2.44. The van der Waals surface area contributed by atoms with Gasteiger partial charge in [-0.3, -0.25) is 0 Å². The fourth-order valence-corrected chi connectivity index (χ4v) is 4.39. The van der Waals surface area contributed by atoms with Crippen LogP contribution < -0.4 is 0 Å². The highest BCUT2D eigenvalue weighted by atomic mass is 32.2. The SMILES string of the molecule is Cc1csc(S(=O)(=O)c2c[nH]c3ccccc23)n1. The minimum absolute atomic E-state index is 0.143. The molecule has 18 heavy (non-hydrogen) atoms. The highest BCUT2D eigenvalue weighted by molar-refractivity contribution is 7.93. The lowest BCUT2D eigenvalue weighted by Gasteiger charge is -1.98. The lowest BCUT2D eigenvalue weighted by molar-refractivity contribution is 0.596. The normalized spacial score (nSPS) is 12.1. The van der Waals surface area contributed by atoms with E-state index in [9.17, 15) is 8.42 Å². The van der Waals surface area contributed by atoms with Crippen LogP contribution in [0.2, 0.25) is 0 Å². The zero-order valence-corrected chi connectivity index (χ0v) is 11.2. The van der Waals surface area contributed by atoms with Gasteiger partial charge in [-0.15, -0.1) is 11.3 Å². The molecule has 0 aliphatic carbocycles. The summed E-state index contributed by atoms with van der Waals surface area (Å²) >= 11 is 1.15. The molecule has 1 aromatic carbocycles. The minimum atomic E-state index is -3.53. The van der Waals surface area contributed by atoms with Crippen LogP contribution in [0, 0.1) is 6.92 Å². The second kappa shape index (κ2) is 3.93. The number of nitrogens with zero attached hydrogens (tertiary/aromatic N) is 1. The summed E-state index contributed by atoms with van der Waals surface area (Å²) in [5.74, 6) is 0. The van der Waals surface area contributed by atoms with E-state index < -0.39 is 9.84 Å². The van der Waals surface area contributed by atoms with Crippen molar-refractivity contribution in [3.05, 3.63) is 41.5 Å². The smallest absolute Gasteiger partial charge is 0.235 e. The summed E-state index contributed by atoms with van der Waals surface area (Å²) in [6.07, 6.45) is 1.52. The van der Waals surface area contributed by atoms with Crippen molar-refractivity contribution >= 4 is 32.1 Å². The number of H-pyrrole nitrogens is 1. The van der Waals surface area contributed by atoms with Crippen LogP contribution >= 0.6 is 11.3 Å². The van der Waals surface area contributed by atoms with Gasteiger partial charge in [-0.25, -0.2) is 13.4 Å². The van der Waals surface area contributed by atoms with Crippen LogP contribution in [0.3, 0.4) is 0 Å². The van der Waals surface area contributed by atoms with Crippen molar-refractivity contribution in [3.8, 4) is 0 Å². The van der Waals surface area contributed by atoms with Gasteiger partial charge in [0.1, 0.15) is 0 Å². The van der Waals surface area contributed by atoms with Crippen LogP contribution in [0.5, 0.6) is 0 Å². The van der Waals surface area contributed by atoms with Crippen LogP contribution in [-0.2, 0) is 9.84 Å². The van der Waals surface area contributed by atoms with E-state index in [0.29, 0.717) is 5.39 Å². The monoisotopic (exact) mass is 278 g/mol. The molecule has 2 heterocycles. The number of thiazole rings is 1. The molecule has 0 saturated heterocycles. The van der Waals surface area contributed by atoms with E-state index in [-0.39, 0.29) is 9.24 Å². The molecule has 3 rings (SSSR count). The number of nitrogens with one attached hydrogen (secondary N) is 1. The maximum absolute atomic E-state index is 12.5. The number of para-hydroxylation sites is 1. The Kier molecular flexibility index (Phi) is 2.49. The van der Waals surface area contributed by atoms with E-state index >= 15 is 0 Å². The highest BCUT2D eigenvalue weighted by Gasteiger charge is 2.24. The Hall–Kier alpha value is -1.66. The number of benzene rings is 1. The van der Waals surface area contributed by atoms with Crippen molar-refractivity contribution in [2.24, 2.45) is 0 Å². The molecular formula is C12H10N2O2S2. The Morgan fingerprint density at radius 2 is 2.06 bits per heavy atom. The molecule has 0 radical (unpaired) electrons. The molecule has 0 atom stereocenters. The third-order valence-corrected chi connectivity index (χ3v) is 5.84. The molecule has 0 unspecified atom stereocenters. The fraction of sp³-hybridized carbons (Fsp3) is 0.0833. The largest absolute Gasteiger partial charge is 0.360 e. The van der Waals surface area contributed by atoms with Gasteiger partial charge in [0.25, 0.3) is 0 Å². The van der Waals surface area contributed by atoms with Crippen LogP contribution in [0.1, 0.15) is 5.69 Å². The second-order valence-corrected chi connectivity index (χ2v) is 6.91. The molecule has 3 aromatic rings. The molecule has 1 N–H and O–H groups in total. The van der Waals surface area contributed by atoms with Crippen molar-refractivity contribution in [1.29, 1.82) is 0 Å². The number of aromatic amines is 1. The Labute approximate surface area is 108 Å². The first kappa shape index (κ1) is 11.4. The topological polar surface area (TPSA) is 62.8 Å². The molecule has 2 aromatic heterocycles. The number of aromatic nitrogens is 2. The van der Waals surface area contributed by atoms with Crippen molar-refractivity contribution in [2.75, 3.05) is 0 Å². The van der Waals surface area contributed by atoms with Gasteiger partial charge in [-0.1, -0.05) is 18.2 Å². The lowest BCUT2D eigenvalue weighted by atomic mass is 10.2. The molecule has 0 bridgehead atoms. The molecule has 0 aliphatic heterocycles. The molecule has 4 nitrogen and oxygen atoms in total. The van der Waals surface area contributed by atoms with Gasteiger partial charge in [-0.05, 0) is 13.0 Å². The molecule has 0 spiro atoms. The Balaban J connectivity index is 2.26. The van der Waals surface area contributed by atoms with E-state index in [2.05, 4.69) is 9.97 Å². The second-order valence-electron chi connectivity index (χ2n) is 3.96. The first-order chi connectivity index (χ1) is 8.59. The van der Waals surface area contributed by atoms with Gasteiger partial charge in [-0.2, -0.15) is 0 Å². The Morgan fingerprint density at radius 3 is 2.78 bits per heavy atom. The summed E-state index contributed by atoms with van der Waals surface area (Å²) in [6, 6.07) is 7.33. The summed E-state index contributed by atoms with van der Waals surface area (Å²) in [6.45, 7) is 1.78. The van der Waals surface area contributed by atoms with Gasteiger partial charge in [0.15, 0.2) is 0 Å². The van der Waals surface area contributed by atoms with Crippen molar-refractivity contribution < 1.29 is 8.42 Å². The summed E-state index contributed by atoms with van der Waals surface area (Å²) < 4.78 is 25.0. The van der Waals surface area contributed by atoms with E-state index in [4.69, 9.17) is 0 Å². The van der Waals surface area contributed by atoms with Crippen molar-refractivity contribution in [1.82, 2.24) is 9.97 Å². The van der Waals surface area contributed by atoms with Gasteiger partial charge < -0.3 is 4.98 Å². The lowest BCUT2D eigenvalue weighted by Crippen LogP contribution is -2.00. The number of sulfone groups is 1. The average Bonchev–Trinajstić information content (AvgIpc) is 2.95. The molecule has 0 amide bonds. The van der Waals surface area contributed by atoms with Gasteiger partial charge in [0.05, 0.1) is 4.90 Å². The zero-order valence-electron chi connectivity index (χ0n) is 9.54. The molecular weight excluding hydrogens is 268 g/mol. The molecule has 6 heteroatoms. The van der Waals surface area contributed by atoms with Crippen molar-refractivity contribution in [2.45, 2.75) is 16.2 Å². The third kappa shape index (κ3) is 1.65. The van der Waals surface area contributed by atoms with Gasteiger partial charge >= 0.3 is 0 Å². The zero-order chi connectivity index (χ0) is 12.8. The number of fused-ring (bicyclic) bond motifs is 1. The molecule has 0 aliphatic rings. The first-order valence-electron chi connectivity index (χ1n) is 5.32. The minimum Gasteiger partial charge on any atom is -0.360 e. The van der Waals surface area contributed by atoms with Crippen LogP contribution in [0.15, 0.2) is 45.1 Å². The number of hydrogen-bond donors (Lipinski definition) is 1. The first-order valence-corrected chi connectivity index (χ1v) is 7.68. The summed E-state index contributed by atoms with van der Waals surface area (Å²) in [5.41, 5.74) is 1.53. The van der Waals surface area contributed by atoms with Crippen LogP contribution in [-0.4, -0.2) is 18.4 Å². The number of rotatable bonds is 2. The molecule has 0 saturated carbocycles. The summed E-state index contributed by atoms with van der Waals surface area (Å²) in [4.78, 5) is 7.32. The third-order valence-electron chi connectivity index (χ3n) is 2.67. The number of hydrogen-bond acceptors (Lipinski definition) is 4. The molecule has 92 valence electrons. The quantitative estimate of drug-likeness (QED) is 0.784. The van der Waals surface area contributed by atoms with Crippen LogP contribution in [0.4, 0.5) is 0 Å². The van der Waals surface area contributed by atoms with E-state index in [1.807, 2.05) is 18.2 Å². The summed E-state index contributed by atoms with van der Waals surface area (Å²) in [7, 11) is -3.53. The van der Waals surface area contributed by atoms with E-state index in [0.717, 1.165) is 22.5 Å². The predicted molar refractivity (Wildman–Crippen MR) is 70.6 cm³/mol. The maximum Gasteiger partial charge on any atom is 0.235 e. The van der Waals surface area contributed by atoms with Crippen LogP contribution in [0.25, 0.3) is 10.9 Å².